The summed E-state index contributed by atoms with van der Waals surface area (Å²) in [5.41, 5.74) is 0. The molecule has 0 unspecified atom stereocenters. The Hall–Kier alpha value is -2.57. The Morgan fingerprint density at radius 3 is 2.64 bits per heavy atom. The summed E-state index contributed by atoms with van der Waals surface area (Å²) in [6.07, 6.45) is 2.05. The maximum absolute atomic E-state index is 12.8. The summed E-state index contributed by atoms with van der Waals surface area (Å²) < 4.78 is 13.0. The van der Waals surface area contributed by atoms with Crippen LogP contribution in [0.25, 0.3) is 10.1 Å². The summed E-state index contributed by atoms with van der Waals surface area (Å²) in [5.74, 6) is 1.41. The standard InChI is InChI=1S/C22H24N2O3S/c25-22(24-14-15-26-16-6-2-1-3-7-16)21-20(27-17-10-12-23-13-11-17)18-8-4-5-9-19(18)28-21/h1-9,17,23H,10-15H2,(H,24,25). The molecule has 1 amide bonds. The molecule has 0 saturated carbocycles. The van der Waals surface area contributed by atoms with E-state index in [1.165, 1.54) is 11.3 Å². The zero-order chi connectivity index (χ0) is 19.2. The SMILES string of the molecule is O=C(NCCOc1ccccc1)c1sc2ccccc2c1OC1CCNCC1. The minimum absolute atomic E-state index is 0.109. The summed E-state index contributed by atoms with van der Waals surface area (Å²) in [4.78, 5) is 13.5. The highest BCUT2D eigenvalue weighted by Crippen LogP contribution is 2.38. The maximum atomic E-state index is 12.8. The Bertz CT molecular complexity index is 920. The van der Waals surface area contributed by atoms with E-state index in [1.54, 1.807) is 0 Å². The molecule has 0 aliphatic carbocycles. The lowest BCUT2D eigenvalue weighted by atomic mass is 10.1. The fourth-order valence-electron chi connectivity index (χ4n) is 3.30. The highest BCUT2D eigenvalue weighted by atomic mass is 32.1. The van der Waals surface area contributed by atoms with Crippen LogP contribution in [0.5, 0.6) is 11.5 Å². The zero-order valence-electron chi connectivity index (χ0n) is 15.6. The number of hydrogen-bond acceptors (Lipinski definition) is 5. The monoisotopic (exact) mass is 396 g/mol. The molecule has 5 nitrogen and oxygen atoms in total. The molecule has 4 rings (SSSR count). The first kappa shape index (κ1) is 18.8. The molecule has 3 aromatic rings. The number of ether oxygens (including phenoxy) is 2. The van der Waals surface area contributed by atoms with Crippen molar-refractivity contribution in [3.8, 4) is 11.5 Å². The number of rotatable bonds is 7. The van der Waals surface area contributed by atoms with E-state index in [1.807, 2.05) is 54.6 Å². The van der Waals surface area contributed by atoms with Crippen molar-refractivity contribution in [2.24, 2.45) is 0 Å². The molecule has 0 atom stereocenters. The van der Waals surface area contributed by atoms with Gasteiger partial charge in [-0.3, -0.25) is 4.79 Å². The minimum atomic E-state index is -0.109. The van der Waals surface area contributed by atoms with Gasteiger partial charge in [0.1, 0.15) is 23.3 Å². The van der Waals surface area contributed by atoms with E-state index in [-0.39, 0.29) is 12.0 Å². The molecule has 2 N–H and O–H groups in total. The van der Waals surface area contributed by atoms with E-state index in [4.69, 9.17) is 9.47 Å². The summed E-state index contributed by atoms with van der Waals surface area (Å²) in [7, 11) is 0. The lowest BCUT2D eigenvalue weighted by Crippen LogP contribution is -2.34. The minimum Gasteiger partial charge on any atom is -0.492 e. The Labute approximate surface area is 168 Å². The summed E-state index contributed by atoms with van der Waals surface area (Å²) in [6, 6.07) is 17.6. The number of piperidine rings is 1. The largest absolute Gasteiger partial charge is 0.492 e. The van der Waals surface area contributed by atoms with Gasteiger partial charge >= 0.3 is 0 Å². The third-order valence-electron chi connectivity index (χ3n) is 4.73. The maximum Gasteiger partial charge on any atom is 0.265 e. The van der Waals surface area contributed by atoms with Crippen LogP contribution >= 0.6 is 11.3 Å². The highest BCUT2D eigenvalue weighted by molar-refractivity contribution is 7.21. The number of fused-ring (bicyclic) bond motifs is 1. The normalized spacial score (nSPS) is 14.7. The molecule has 28 heavy (non-hydrogen) atoms. The van der Waals surface area contributed by atoms with E-state index < -0.39 is 0 Å². The van der Waals surface area contributed by atoms with E-state index in [9.17, 15) is 4.79 Å². The molecule has 146 valence electrons. The van der Waals surface area contributed by atoms with E-state index in [0.717, 1.165) is 41.8 Å². The number of amides is 1. The van der Waals surface area contributed by atoms with Gasteiger partial charge in [-0.05, 0) is 50.2 Å². The van der Waals surface area contributed by atoms with Gasteiger partial charge in [-0.15, -0.1) is 11.3 Å². The molecule has 1 fully saturated rings. The Balaban J connectivity index is 1.44. The average Bonchev–Trinajstić information content (AvgIpc) is 3.11. The predicted octanol–water partition coefficient (Wildman–Crippen LogP) is 3.84. The first-order chi connectivity index (χ1) is 13.8. The number of carbonyl (C=O) groups is 1. The van der Waals surface area contributed by atoms with E-state index in [2.05, 4.69) is 10.6 Å². The van der Waals surface area contributed by atoms with Crippen LogP contribution < -0.4 is 20.1 Å². The molecule has 2 heterocycles. The Morgan fingerprint density at radius 2 is 1.82 bits per heavy atom. The summed E-state index contributed by atoms with van der Waals surface area (Å²) >= 11 is 1.48. The number of nitrogens with one attached hydrogen (secondary N) is 2. The van der Waals surface area contributed by atoms with Crippen molar-refractivity contribution in [2.75, 3.05) is 26.2 Å². The quantitative estimate of drug-likeness (QED) is 0.596. The van der Waals surface area contributed by atoms with Crippen molar-refractivity contribution < 1.29 is 14.3 Å². The van der Waals surface area contributed by atoms with Crippen LogP contribution in [0.1, 0.15) is 22.5 Å². The van der Waals surface area contributed by atoms with Crippen molar-refractivity contribution in [3.05, 3.63) is 59.5 Å². The number of carbonyl (C=O) groups excluding carboxylic acids is 1. The third-order valence-corrected chi connectivity index (χ3v) is 5.88. The van der Waals surface area contributed by atoms with Crippen molar-refractivity contribution in [3.63, 3.8) is 0 Å². The number of hydrogen-bond donors (Lipinski definition) is 2. The predicted molar refractivity (Wildman–Crippen MR) is 113 cm³/mol. The van der Waals surface area contributed by atoms with Gasteiger partial charge < -0.3 is 20.1 Å². The second-order valence-corrected chi connectivity index (χ2v) is 7.79. The smallest absolute Gasteiger partial charge is 0.265 e. The Kier molecular flexibility index (Phi) is 6.09. The molecule has 1 saturated heterocycles. The van der Waals surface area contributed by atoms with Crippen LogP contribution in [0.15, 0.2) is 54.6 Å². The van der Waals surface area contributed by atoms with Crippen molar-refractivity contribution in [2.45, 2.75) is 18.9 Å². The number of thiophene rings is 1. The van der Waals surface area contributed by atoms with Crippen molar-refractivity contribution in [1.29, 1.82) is 0 Å². The molecule has 0 radical (unpaired) electrons. The van der Waals surface area contributed by atoms with Crippen molar-refractivity contribution >= 4 is 27.3 Å². The highest BCUT2D eigenvalue weighted by Gasteiger charge is 2.23. The molecule has 1 aliphatic heterocycles. The molecule has 0 bridgehead atoms. The van der Waals surface area contributed by atoms with Gasteiger partial charge in [-0.2, -0.15) is 0 Å². The van der Waals surface area contributed by atoms with E-state index >= 15 is 0 Å². The molecule has 1 aromatic heterocycles. The van der Waals surface area contributed by atoms with Crippen LogP contribution in [-0.2, 0) is 0 Å². The van der Waals surface area contributed by atoms with Gasteiger partial charge in [0.05, 0.1) is 6.54 Å². The number of benzene rings is 2. The van der Waals surface area contributed by atoms with Crippen LogP contribution in [-0.4, -0.2) is 38.3 Å². The summed E-state index contributed by atoms with van der Waals surface area (Å²) in [6.45, 7) is 2.76. The first-order valence-corrected chi connectivity index (χ1v) is 10.5. The Morgan fingerprint density at radius 1 is 1.07 bits per heavy atom. The van der Waals surface area contributed by atoms with Gasteiger partial charge in [-0.1, -0.05) is 30.3 Å². The topological polar surface area (TPSA) is 59.6 Å². The lowest BCUT2D eigenvalue weighted by molar-refractivity contribution is 0.0942. The van der Waals surface area contributed by atoms with Gasteiger partial charge in [0.2, 0.25) is 0 Å². The summed E-state index contributed by atoms with van der Waals surface area (Å²) in [5, 5.41) is 7.32. The molecular weight excluding hydrogens is 372 g/mol. The third kappa shape index (κ3) is 4.46. The lowest BCUT2D eigenvalue weighted by Gasteiger charge is -2.24. The number of para-hydroxylation sites is 1. The first-order valence-electron chi connectivity index (χ1n) is 9.66. The van der Waals surface area contributed by atoms with Gasteiger partial charge in [0.25, 0.3) is 5.91 Å². The second-order valence-electron chi connectivity index (χ2n) is 6.74. The van der Waals surface area contributed by atoms with Crippen LogP contribution in [0, 0.1) is 0 Å². The van der Waals surface area contributed by atoms with Gasteiger partial charge in [-0.25, -0.2) is 0 Å². The molecule has 0 spiro atoms. The van der Waals surface area contributed by atoms with E-state index in [0.29, 0.717) is 23.8 Å². The van der Waals surface area contributed by atoms with Gasteiger partial charge in [0, 0.05) is 10.1 Å². The molecule has 2 aromatic carbocycles. The molecular formula is C22H24N2O3S. The second kappa shape index (κ2) is 9.08. The fourth-order valence-corrected chi connectivity index (χ4v) is 4.35. The van der Waals surface area contributed by atoms with Crippen LogP contribution in [0.3, 0.4) is 0 Å². The van der Waals surface area contributed by atoms with Crippen LogP contribution in [0.2, 0.25) is 0 Å². The van der Waals surface area contributed by atoms with Crippen LogP contribution in [0.4, 0.5) is 0 Å². The molecule has 6 heteroatoms. The fraction of sp³-hybridized carbons (Fsp3) is 0.318. The van der Waals surface area contributed by atoms with Crippen molar-refractivity contribution in [1.82, 2.24) is 10.6 Å². The zero-order valence-corrected chi connectivity index (χ0v) is 16.5. The average molecular weight is 397 g/mol. The van der Waals surface area contributed by atoms with Gasteiger partial charge in [0.15, 0.2) is 5.75 Å². The molecule has 1 aliphatic rings.